The van der Waals surface area contributed by atoms with Gasteiger partial charge in [0, 0.05) is 13.6 Å². The highest BCUT2D eigenvalue weighted by atomic mass is 35.5. The van der Waals surface area contributed by atoms with Crippen molar-refractivity contribution in [3.8, 4) is 0 Å². The largest absolute Gasteiger partial charge is 0.352 e. The standard InChI is InChI=1S/C17H19ClN2O3S/c1-4-19-17(21)15-10-7-13(11-16(15)18)20(3)24(22,23)14-8-5-12(2)6-9-14/h5-11H,4H2,1-3H3,(H,19,21). The van der Waals surface area contributed by atoms with E-state index in [0.29, 0.717) is 17.8 Å². The van der Waals surface area contributed by atoms with Crippen molar-refractivity contribution in [1.29, 1.82) is 0 Å². The summed E-state index contributed by atoms with van der Waals surface area (Å²) in [6.45, 7) is 4.18. The van der Waals surface area contributed by atoms with E-state index in [1.165, 1.54) is 19.2 Å². The predicted molar refractivity (Wildman–Crippen MR) is 96.2 cm³/mol. The third-order valence-corrected chi connectivity index (χ3v) is 5.69. The van der Waals surface area contributed by atoms with Crippen LogP contribution >= 0.6 is 11.6 Å². The van der Waals surface area contributed by atoms with E-state index in [4.69, 9.17) is 11.6 Å². The minimum Gasteiger partial charge on any atom is -0.352 e. The Morgan fingerprint density at radius 3 is 2.33 bits per heavy atom. The molecule has 2 aromatic carbocycles. The number of aryl methyl sites for hydroxylation is 1. The fourth-order valence-corrected chi connectivity index (χ4v) is 3.59. The van der Waals surface area contributed by atoms with Gasteiger partial charge >= 0.3 is 0 Å². The van der Waals surface area contributed by atoms with E-state index in [2.05, 4.69) is 5.32 Å². The van der Waals surface area contributed by atoms with E-state index in [1.807, 2.05) is 13.8 Å². The van der Waals surface area contributed by atoms with Crippen LogP contribution in [0.5, 0.6) is 0 Å². The van der Waals surface area contributed by atoms with Crippen LogP contribution in [0.15, 0.2) is 47.4 Å². The molecule has 0 unspecified atom stereocenters. The van der Waals surface area contributed by atoms with Crippen LogP contribution < -0.4 is 9.62 Å². The van der Waals surface area contributed by atoms with Crippen molar-refractivity contribution in [2.24, 2.45) is 0 Å². The molecule has 0 aliphatic rings. The maximum atomic E-state index is 12.7. The average molecular weight is 367 g/mol. The predicted octanol–water partition coefficient (Wildman–Crippen LogP) is 3.22. The van der Waals surface area contributed by atoms with Gasteiger partial charge in [0.1, 0.15) is 0 Å². The quantitative estimate of drug-likeness (QED) is 0.883. The molecule has 2 aromatic rings. The van der Waals surface area contributed by atoms with Crippen molar-refractivity contribution < 1.29 is 13.2 Å². The smallest absolute Gasteiger partial charge is 0.264 e. The molecular weight excluding hydrogens is 348 g/mol. The zero-order valence-electron chi connectivity index (χ0n) is 13.7. The number of halogens is 1. The van der Waals surface area contributed by atoms with E-state index >= 15 is 0 Å². The third kappa shape index (κ3) is 3.71. The van der Waals surface area contributed by atoms with Crippen LogP contribution in [0.25, 0.3) is 0 Å². The molecular formula is C17H19ClN2O3S. The first-order valence-electron chi connectivity index (χ1n) is 7.40. The van der Waals surface area contributed by atoms with E-state index in [1.54, 1.807) is 30.3 Å². The Kier molecular flexibility index (Phi) is 5.51. The van der Waals surface area contributed by atoms with Gasteiger partial charge in [0.05, 0.1) is 21.2 Å². The Balaban J connectivity index is 2.35. The number of benzene rings is 2. The Hall–Kier alpha value is -2.05. The highest BCUT2D eigenvalue weighted by Gasteiger charge is 2.22. The number of hydrogen-bond acceptors (Lipinski definition) is 3. The number of sulfonamides is 1. The SMILES string of the molecule is CCNC(=O)c1ccc(N(C)S(=O)(=O)c2ccc(C)cc2)cc1Cl. The second-order valence-corrected chi connectivity index (χ2v) is 7.69. The lowest BCUT2D eigenvalue weighted by Crippen LogP contribution is -2.27. The summed E-state index contributed by atoms with van der Waals surface area (Å²) in [5.41, 5.74) is 1.67. The van der Waals surface area contributed by atoms with Crippen molar-refractivity contribution in [1.82, 2.24) is 5.32 Å². The zero-order valence-corrected chi connectivity index (χ0v) is 15.3. The van der Waals surface area contributed by atoms with Crippen LogP contribution in [0, 0.1) is 6.92 Å². The summed E-state index contributed by atoms with van der Waals surface area (Å²) in [5, 5.41) is 2.86. The Morgan fingerprint density at radius 1 is 1.17 bits per heavy atom. The molecule has 5 nitrogen and oxygen atoms in total. The van der Waals surface area contributed by atoms with Gasteiger partial charge in [-0.15, -0.1) is 0 Å². The van der Waals surface area contributed by atoms with E-state index in [9.17, 15) is 13.2 Å². The minimum absolute atomic E-state index is 0.194. The summed E-state index contributed by atoms with van der Waals surface area (Å²) in [7, 11) is -2.24. The first-order valence-corrected chi connectivity index (χ1v) is 9.22. The number of carbonyl (C=O) groups is 1. The fraction of sp³-hybridized carbons (Fsp3) is 0.235. The van der Waals surface area contributed by atoms with Gasteiger partial charge in [-0.05, 0) is 44.2 Å². The van der Waals surface area contributed by atoms with Gasteiger partial charge in [0.2, 0.25) is 0 Å². The van der Waals surface area contributed by atoms with Crippen LogP contribution in [-0.2, 0) is 10.0 Å². The molecule has 7 heteroatoms. The molecule has 0 radical (unpaired) electrons. The maximum absolute atomic E-state index is 12.7. The summed E-state index contributed by atoms with van der Waals surface area (Å²) in [4.78, 5) is 12.1. The molecule has 1 N–H and O–H groups in total. The number of nitrogens with one attached hydrogen (secondary N) is 1. The minimum atomic E-state index is -3.69. The van der Waals surface area contributed by atoms with Gasteiger partial charge in [-0.25, -0.2) is 8.42 Å². The van der Waals surface area contributed by atoms with Crippen LogP contribution in [0.1, 0.15) is 22.8 Å². The number of nitrogens with zero attached hydrogens (tertiary/aromatic N) is 1. The first-order chi connectivity index (χ1) is 11.3. The molecule has 24 heavy (non-hydrogen) atoms. The number of carbonyl (C=O) groups excluding carboxylic acids is 1. The molecule has 0 atom stereocenters. The average Bonchev–Trinajstić information content (AvgIpc) is 2.54. The normalized spacial score (nSPS) is 11.2. The molecule has 0 aliphatic carbocycles. The van der Waals surface area contributed by atoms with Crippen LogP contribution in [0.2, 0.25) is 5.02 Å². The summed E-state index contributed by atoms with van der Waals surface area (Å²) < 4.78 is 26.5. The maximum Gasteiger partial charge on any atom is 0.264 e. The molecule has 2 rings (SSSR count). The van der Waals surface area contributed by atoms with Crippen LogP contribution in [0.3, 0.4) is 0 Å². The lowest BCUT2D eigenvalue weighted by Gasteiger charge is -2.20. The topological polar surface area (TPSA) is 66.5 Å². The number of anilines is 1. The molecule has 0 aliphatic heterocycles. The molecule has 0 fully saturated rings. The molecule has 0 aromatic heterocycles. The molecule has 0 bridgehead atoms. The van der Waals surface area contributed by atoms with Gasteiger partial charge in [-0.1, -0.05) is 29.3 Å². The lowest BCUT2D eigenvalue weighted by atomic mass is 10.2. The summed E-state index contributed by atoms with van der Waals surface area (Å²) >= 11 is 6.14. The van der Waals surface area contributed by atoms with Gasteiger partial charge in [0.25, 0.3) is 15.9 Å². The Labute approximate surface area is 147 Å². The highest BCUT2D eigenvalue weighted by molar-refractivity contribution is 7.92. The molecule has 0 saturated heterocycles. The second kappa shape index (κ2) is 7.23. The van der Waals surface area contributed by atoms with E-state index in [-0.39, 0.29) is 15.8 Å². The van der Waals surface area contributed by atoms with Gasteiger partial charge in [-0.2, -0.15) is 0 Å². The summed E-state index contributed by atoms with van der Waals surface area (Å²) in [6, 6.07) is 11.2. The summed E-state index contributed by atoms with van der Waals surface area (Å²) in [5.74, 6) is -0.293. The fourth-order valence-electron chi connectivity index (χ4n) is 2.15. The monoisotopic (exact) mass is 366 g/mol. The number of rotatable bonds is 5. The number of amides is 1. The second-order valence-electron chi connectivity index (χ2n) is 5.31. The van der Waals surface area contributed by atoms with E-state index in [0.717, 1.165) is 9.87 Å². The van der Waals surface area contributed by atoms with Crippen molar-refractivity contribution in [2.75, 3.05) is 17.9 Å². The lowest BCUT2D eigenvalue weighted by molar-refractivity contribution is 0.0956. The molecule has 128 valence electrons. The van der Waals surface area contributed by atoms with Gasteiger partial charge < -0.3 is 5.32 Å². The molecule has 0 saturated carbocycles. The Morgan fingerprint density at radius 2 is 1.79 bits per heavy atom. The molecule has 0 heterocycles. The van der Waals surface area contributed by atoms with Gasteiger partial charge in [-0.3, -0.25) is 9.10 Å². The van der Waals surface area contributed by atoms with Crippen molar-refractivity contribution in [3.63, 3.8) is 0 Å². The summed E-state index contributed by atoms with van der Waals surface area (Å²) in [6.07, 6.45) is 0. The Bertz CT molecular complexity index is 849. The molecule has 1 amide bonds. The zero-order chi connectivity index (χ0) is 17.9. The third-order valence-electron chi connectivity index (χ3n) is 3.58. The number of hydrogen-bond donors (Lipinski definition) is 1. The van der Waals surface area contributed by atoms with Crippen molar-refractivity contribution >= 4 is 33.2 Å². The highest BCUT2D eigenvalue weighted by Crippen LogP contribution is 2.27. The van der Waals surface area contributed by atoms with Crippen molar-refractivity contribution in [2.45, 2.75) is 18.7 Å². The van der Waals surface area contributed by atoms with E-state index < -0.39 is 10.0 Å². The van der Waals surface area contributed by atoms with Crippen molar-refractivity contribution in [3.05, 3.63) is 58.6 Å². The first kappa shape index (κ1) is 18.3. The van der Waals surface area contributed by atoms with Gasteiger partial charge in [0.15, 0.2) is 0 Å². The van der Waals surface area contributed by atoms with Crippen LogP contribution in [-0.4, -0.2) is 27.9 Å². The molecule has 0 spiro atoms. The van der Waals surface area contributed by atoms with Crippen LogP contribution in [0.4, 0.5) is 5.69 Å².